The van der Waals surface area contributed by atoms with Gasteiger partial charge < -0.3 is 0 Å². The first-order valence-corrected chi connectivity index (χ1v) is 4.85. The van der Waals surface area contributed by atoms with Gasteiger partial charge in [-0.15, -0.1) is 5.50 Å². The molecule has 0 heterocycles. The predicted molar refractivity (Wildman–Crippen MR) is 27.8 cm³/mol. The summed E-state index contributed by atoms with van der Waals surface area (Å²) in [5.41, 5.74) is 3.93. The van der Waals surface area contributed by atoms with E-state index in [1.54, 1.807) is 0 Å². The second-order valence-electron chi connectivity index (χ2n) is 0.311. The van der Waals surface area contributed by atoms with Crippen LogP contribution < -0.4 is 5.50 Å². The molecule has 1 atom stereocenters. The highest BCUT2D eigenvalue weighted by Crippen LogP contribution is 2.18. The lowest BCUT2D eigenvalue weighted by Gasteiger charge is -1.40. The Kier molecular flexibility index (Phi) is 2.46. The van der Waals surface area contributed by atoms with Crippen molar-refractivity contribution in [3.63, 3.8) is 0 Å². The predicted octanol–water partition coefficient (Wildman–Crippen LogP) is 1.45. The summed E-state index contributed by atoms with van der Waals surface area (Å²) in [4.78, 5) is 0. The molecule has 3 N–H and O–H groups in total. The van der Waals surface area contributed by atoms with Crippen LogP contribution in [0, 0.1) is 5.16 Å². The van der Waals surface area contributed by atoms with Crippen molar-refractivity contribution in [2.45, 2.75) is 0 Å². The highest BCUT2D eigenvalue weighted by molar-refractivity contribution is 14.2. The SMILES string of the molecule is N=[P+](N)I. The Morgan fingerprint density at radius 1 is 2.00 bits per heavy atom. The normalized spacial score (nSPS) is 11.0. The molecule has 0 aromatic heterocycles. The van der Waals surface area contributed by atoms with E-state index in [2.05, 4.69) is 0 Å². The minimum Gasteiger partial charge on any atom is -0.131 e. The lowest BCUT2D eigenvalue weighted by atomic mass is 13.9. The Bertz CT molecular complexity index is 29.0. The summed E-state index contributed by atoms with van der Waals surface area (Å²) in [7, 11) is 0. The van der Waals surface area contributed by atoms with Crippen LogP contribution in [0.5, 0.6) is 0 Å². The molecule has 0 spiro atoms. The average molecular weight is 189 g/mol. The number of rotatable bonds is 0. The van der Waals surface area contributed by atoms with Gasteiger partial charge in [-0.25, -0.2) is 0 Å². The number of hydrogen-bond donors (Lipinski definition) is 2. The third-order valence-corrected chi connectivity index (χ3v) is 0. The van der Waals surface area contributed by atoms with Gasteiger partial charge in [0, 0.05) is 0 Å². The van der Waals surface area contributed by atoms with Crippen LogP contribution >= 0.6 is 27.5 Å². The van der Waals surface area contributed by atoms with E-state index in [1.165, 1.54) is 0 Å². The molecule has 0 aliphatic rings. The Labute approximate surface area is 38.6 Å². The molecule has 0 saturated carbocycles. The van der Waals surface area contributed by atoms with Crippen LogP contribution in [-0.2, 0) is 0 Å². The van der Waals surface area contributed by atoms with Crippen LogP contribution in [0.25, 0.3) is 0 Å². The molecule has 0 saturated heterocycles. The Morgan fingerprint density at radius 3 is 2.00 bits per heavy atom. The molecule has 0 aliphatic heterocycles. The number of halogens is 1. The van der Waals surface area contributed by atoms with Gasteiger partial charge in [-0.1, -0.05) is 5.16 Å². The van der Waals surface area contributed by atoms with Crippen LogP contribution in [0.4, 0.5) is 0 Å². The van der Waals surface area contributed by atoms with Gasteiger partial charge in [-0.3, -0.25) is 0 Å². The van der Waals surface area contributed by atoms with E-state index in [9.17, 15) is 0 Å². The smallest absolute Gasteiger partial charge is 0.131 e. The van der Waals surface area contributed by atoms with Gasteiger partial charge >= 0.3 is 5.51 Å². The Balaban J connectivity index is 2.80. The van der Waals surface area contributed by atoms with E-state index in [0.717, 1.165) is 0 Å². The van der Waals surface area contributed by atoms with Crippen molar-refractivity contribution >= 4 is 27.5 Å². The molecule has 2 nitrogen and oxygen atoms in total. The second-order valence-corrected chi connectivity index (χ2v) is 4.05. The fraction of sp³-hybridized carbons (Fsp3) is 0. The number of hydrogen-bond acceptors (Lipinski definition) is 1. The summed E-state index contributed by atoms with van der Waals surface area (Å²) >= 11 is 1.85. The first-order valence-electron chi connectivity index (χ1n) is 0.651. The molecule has 0 aliphatic carbocycles. The molecular weight excluding hydrogens is 186 g/mol. The first kappa shape index (κ1) is 4.79. The maximum atomic E-state index is 6.41. The summed E-state index contributed by atoms with van der Waals surface area (Å²) in [6.45, 7) is 0. The number of nitrogens with one attached hydrogen (secondary N) is 1. The van der Waals surface area contributed by atoms with Gasteiger partial charge in [0.05, 0.1) is 0 Å². The lowest BCUT2D eigenvalue weighted by Crippen LogP contribution is -1.59. The molecule has 0 rings (SSSR count). The quantitative estimate of drug-likeness (QED) is 0.439. The van der Waals surface area contributed by atoms with Crippen molar-refractivity contribution in [3.8, 4) is 0 Å². The zero-order chi connectivity index (χ0) is 3.58. The molecule has 4 heavy (non-hydrogen) atoms. The molecule has 24 valence electrons. The van der Waals surface area contributed by atoms with Crippen LogP contribution in [0.1, 0.15) is 0 Å². The maximum absolute atomic E-state index is 6.41. The third-order valence-electron chi connectivity index (χ3n) is 0. The highest BCUT2D eigenvalue weighted by atomic mass is 127. The lowest BCUT2D eigenvalue weighted by molar-refractivity contribution is 1.62. The fourth-order valence-electron chi connectivity index (χ4n) is 0. The van der Waals surface area contributed by atoms with E-state index in [4.69, 9.17) is 10.7 Å². The standard InChI is InChI=1S/H3IN2P/c1-4(2)3/h(H3,2,3)/q+1. The van der Waals surface area contributed by atoms with Crippen molar-refractivity contribution in [2.75, 3.05) is 0 Å². The summed E-state index contributed by atoms with van der Waals surface area (Å²) in [6, 6.07) is 0. The monoisotopic (exact) mass is 189 g/mol. The first-order chi connectivity index (χ1) is 1.73. The average Bonchev–Trinajstić information content (AvgIpc) is 0.811. The van der Waals surface area contributed by atoms with E-state index in [1.807, 2.05) is 22.0 Å². The Hall–Kier alpha value is 0.790. The minimum atomic E-state index is -0.900. The maximum Gasteiger partial charge on any atom is 0.356 e. The summed E-state index contributed by atoms with van der Waals surface area (Å²) < 4.78 is 0. The zero-order valence-corrected chi connectivity index (χ0v) is 4.95. The van der Waals surface area contributed by atoms with Crippen molar-refractivity contribution in [3.05, 3.63) is 0 Å². The van der Waals surface area contributed by atoms with E-state index in [0.29, 0.717) is 0 Å². The summed E-state index contributed by atoms with van der Waals surface area (Å²) in [6.07, 6.45) is 0. The van der Waals surface area contributed by atoms with Crippen LogP contribution in [0.2, 0.25) is 0 Å². The van der Waals surface area contributed by atoms with Crippen molar-refractivity contribution in [1.29, 1.82) is 5.16 Å². The molecule has 4 heteroatoms. The molecular formula is H3IN2P+. The van der Waals surface area contributed by atoms with Gasteiger partial charge in [0.2, 0.25) is 0 Å². The van der Waals surface area contributed by atoms with Gasteiger partial charge in [-0.2, -0.15) is 0 Å². The van der Waals surface area contributed by atoms with E-state index < -0.39 is 5.51 Å². The van der Waals surface area contributed by atoms with Gasteiger partial charge in [0.15, 0.2) is 0 Å². The number of nitrogens with two attached hydrogens (primary N) is 1. The van der Waals surface area contributed by atoms with Crippen LogP contribution in [0.15, 0.2) is 0 Å². The zero-order valence-electron chi connectivity index (χ0n) is 1.90. The second kappa shape index (κ2) is 2.05. The van der Waals surface area contributed by atoms with Gasteiger partial charge in [0.25, 0.3) is 22.0 Å². The van der Waals surface area contributed by atoms with E-state index >= 15 is 0 Å². The molecule has 0 fully saturated rings. The van der Waals surface area contributed by atoms with Crippen molar-refractivity contribution in [1.82, 2.24) is 0 Å². The molecule has 0 aromatic rings. The van der Waals surface area contributed by atoms with Crippen LogP contribution in [0.3, 0.4) is 0 Å². The molecule has 0 amide bonds. The topological polar surface area (TPSA) is 49.9 Å². The van der Waals surface area contributed by atoms with Crippen molar-refractivity contribution in [2.24, 2.45) is 5.50 Å². The molecule has 1 unspecified atom stereocenters. The largest absolute Gasteiger partial charge is 0.356 e. The third kappa shape index (κ3) is 14.3. The van der Waals surface area contributed by atoms with Gasteiger partial charge in [0.1, 0.15) is 0 Å². The molecule has 0 radical (unpaired) electrons. The minimum absolute atomic E-state index is 0.900. The highest BCUT2D eigenvalue weighted by Gasteiger charge is 1.80. The fourth-order valence-corrected chi connectivity index (χ4v) is 0. The summed E-state index contributed by atoms with van der Waals surface area (Å²) in [5.74, 6) is 0. The molecule has 0 aromatic carbocycles. The van der Waals surface area contributed by atoms with Crippen molar-refractivity contribution < 1.29 is 0 Å². The van der Waals surface area contributed by atoms with Gasteiger partial charge in [-0.05, 0) is 0 Å². The Morgan fingerprint density at radius 2 is 2.00 bits per heavy atom. The summed E-state index contributed by atoms with van der Waals surface area (Å²) in [5, 5.41) is 6.41. The molecule has 0 bridgehead atoms. The van der Waals surface area contributed by atoms with E-state index in [-0.39, 0.29) is 0 Å². The van der Waals surface area contributed by atoms with Crippen LogP contribution in [-0.4, -0.2) is 0 Å².